The maximum atomic E-state index is 10.5. The summed E-state index contributed by atoms with van der Waals surface area (Å²) >= 11 is 1.42. The molecule has 0 N–H and O–H groups in total. The Kier molecular flexibility index (Phi) is 3.77. The van der Waals surface area contributed by atoms with Crippen molar-refractivity contribution in [3.63, 3.8) is 0 Å². The van der Waals surface area contributed by atoms with E-state index in [0.717, 1.165) is 28.2 Å². The molecule has 3 nitrogen and oxygen atoms in total. The fourth-order valence-electron chi connectivity index (χ4n) is 1.37. The van der Waals surface area contributed by atoms with E-state index < -0.39 is 0 Å². The molecule has 2 aromatic rings. The average molecular weight is 248 g/mol. The van der Waals surface area contributed by atoms with E-state index in [-0.39, 0.29) is 0 Å². The minimum atomic E-state index is 0.469. The molecule has 4 heteroatoms. The summed E-state index contributed by atoms with van der Waals surface area (Å²) in [6, 6.07) is 9.23. The van der Waals surface area contributed by atoms with Crippen LogP contribution in [0.2, 0.25) is 0 Å². The molecule has 1 heterocycles. The van der Waals surface area contributed by atoms with Gasteiger partial charge in [-0.25, -0.2) is 0 Å². The number of hydrogen-bond acceptors (Lipinski definition) is 4. The molecule has 0 radical (unpaired) electrons. The maximum absolute atomic E-state index is 10.5. The lowest BCUT2D eigenvalue weighted by Gasteiger charge is -2.05. The van der Waals surface area contributed by atoms with Gasteiger partial charge in [-0.3, -0.25) is 4.79 Å². The van der Waals surface area contributed by atoms with Gasteiger partial charge in [0, 0.05) is 5.56 Å². The van der Waals surface area contributed by atoms with Crippen LogP contribution in [-0.4, -0.2) is 13.4 Å². The smallest absolute Gasteiger partial charge is 0.160 e. The number of ether oxygens (including phenoxy) is 2. The predicted molar refractivity (Wildman–Crippen MR) is 67.0 cm³/mol. The second-order valence-corrected chi connectivity index (χ2v) is 4.38. The molecule has 0 aliphatic heterocycles. The van der Waals surface area contributed by atoms with Gasteiger partial charge in [-0.05, 0) is 35.7 Å². The van der Waals surface area contributed by atoms with E-state index >= 15 is 0 Å². The molecule has 0 aliphatic carbocycles. The molecular formula is C13H12O3S. The first-order chi connectivity index (χ1) is 8.31. The standard InChI is InChI=1S/C13H12O3S/c1-15-11-2-4-12(5-3-11)16-8-10-6-13(7-14)17-9-10/h2-7,9H,8H2,1H3. The summed E-state index contributed by atoms with van der Waals surface area (Å²) in [6.45, 7) is 0.469. The third kappa shape index (κ3) is 3.07. The normalized spacial score (nSPS) is 9.94. The molecule has 0 atom stereocenters. The summed E-state index contributed by atoms with van der Waals surface area (Å²) in [7, 11) is 1.63. The minimum absolute atomic E-state index is 0.469. The number of carbonyl (C=O) groups is 1. The monoisotopic (exact) mass is 248 g/mol. The van der Waals surface area contributed by atoms with Gasteiger partial charge >= 0.3 is 0 Å². The maximum Gasteiger partial charge on any atom is 0.160 e. The van der Waals surface area contributed by atoms with Crippen LogP contribution in [0.4, 0.5) is 0 Å². The largest absolute Gasteiger partial charge is 0.497 e. The van der Waals surface area contributed by atoms with E-state index in [1.54, 1.807) is 7.11 Å². The average Bonchev–Trinajstić information content (AvgIpc) is 2.85. The lowest BCUT2D eigenvalue weighted by molar-refractivity contribution is 0.112. The van der Waals surface area contributed by atoms with Crippen LogP contribution in [0.25, 0.3) is 0 Å². The van der Waals surface area contributed by atoms with Gasteiger partial charge in [0.05, 0.1) is 12.0 Å². The number of aldehydes is 1. The van der Waals surface area contributed by atoms with Crippen molar-refractivity contribution < 1.29 is 14.3 Å². The number of methoxy groups -OCH3 is 1. The number of rotatable bonds is 5. The van der Waals surface area contributed by atoms with Gasteiger partial charge in [-0.15, -0.1) is 11.3 Å². The fraction of sp³-hybridized carbons (Fsp3) is 0.154. The molecule has 0 aliphatic rings. The highest BCUT2D eigenvalue weighted by molar-refractivity contribution is 7.11. The first-order valence-electron chi connectivity index (χ1n) is 5.11. The highest BCUT2D eigenvalue weighted by Gasteiger charge is 2.00. The van der Waals surface area contributed by atoms with Crippen molar-refractivity contribution >= 4 is 17.6 Å². The van der Waals surface area contributed by atoms with Crippen molar-refractivity contribution in [1.29, 1.82) is 0 Å². The van der Waals surface area contributed by atoms with Gasteiger partial charge in [0.2, 0.25) is 0 Å². The Bertz CT molecular complexity index is 488. The van der Waals surface area contributed by atoms with Gasteiger partial charge in [-0.1, -0.05) is 0 Å². The van der Waals surface area contributed by atoms with Crippen LogP contribution in [0.5, 0.6) is 11.5 Å². The molecule has 0 fully saturated rings. The number of benzene rings is 1. The SMILES string of the molecule is COc1ccc(OCc2csc(C=O)c2)cc1. The van der Waals surface area contributed by atoms with E-state index in [4.69, 9.17) is 9.47 Å². The highest BCUT2D eigenvalue weighted by atomic mass is 32.1. The Hall–Kier alpha value is -1.81. The van der Waals surface area contributed by atoms with E-state index in [0.29, 0.717) is 6.61 Å². The Morgan fingerprint density at radius 2 is 1.94 bits per heavy atom. The van der Waals surface area contributed by atoms with Crippen LogP contribution in [0.1, 0.15) is 15.2 Å². The molecule has 0 bridgehead atoms. The van der Waals surface area contributed by atoms with Crippen molar-refractivity contribution in [2.45, 2.75) is 6.61 Å². The molecule has 0 amide bonds. The quantitative estimate of drug-likeness (QED) is 0.762. The molecular weight excluding hydrogens is 236 g/mol. The lowest BCUT2D eigenvalue weighted by atomic mass is 10.3. The molecule has 88 valence electrons. The zero-order valence-corrected chi connectivity index (χ0v) is 10.2. The first kappa shape index (κ1) is 11.7. The molecule has 1 aromatic carbocycles. The van der Waals surface area contributed by atoms with Crippen molar-refractivity contribution in [3.05, 3.63) is 46.2 Å². The van der Waals surface area contributed by atoms with Crippen LogP contribution in [0.15, 0.2) is 35.7 Å². The first-order valence-corrected chi connectivity index (χ1v) is 5.99. The van der Waals surface area contributed by atoms with Crippen LogP contribution in [0.3, 0.4) is 0 Å². The van der Waals surface area contributed by atoms with Gasteiger partial charge in [0.1, 0.15) is 18.1 Å². The van der Waals surface area contributed by atoms with Crippen LogP contribution >= 0.6 is 11.3 Å². The Morgan fingerprint density at radius 3 is 2.53 bits per heavy atom. The van der Waals surface area contributed by atoms with Crippen molar-refractivity contribution in [2.24, 2.45) is 0 Å². The van der Waals surface area contributed by atoms with E-state index in [1.807, 2.05) is 35.7 Å². The zero-order valence-electron chi connectivity index (χ0n) is 9.38. The molecule has 0 saturated carbocycles. The predicted octanol–water partition coefficient (Wildman–Crippen LogP) is 3.15. The van der Waals surface area contributed by atoms with Crippen LogP contribution < -0.4 is 9.47 Å². The topological polar surface area (TPSA) is 35.5 Å². The summed E-state index contributed by atoms with van der Waals surface area (Å²) in [5.41, 5.74) is 1.01. The Labute approximate surface area is 104 Å². The number of hydrogen-bond donors (Lipinski definition) is 0. The van der Waals surface area contributed by atoms with Gasteiger partial charge in [0.15, 0.2) is 6.29 Å². The van der Waals surface area contributed by atoms with Crippen molar-refractivity contribution in [2.75, 3.05) is 7.11 Å². The van der Waals surface area contributed by atoms with E-state index in [9.17, 15) is 4.79 Å². The second kappa shape index (κ2) is 5.50. The van der Waals surface area contributed by atoms with Crippen LogP contribution in [-0.2, 0) is 6.61 Å². The molecule has 1 aromatic heterocycles. The highest BCUT2D eigenvalue weighted by Crippen LogP contribution is 2.19. The Balaban J connectivity index is 1.94. The minimum Gasteiger partial charge on any atom is -0.497 e. The summed E-state index contributed by atoms with van der Waals surface area (Å²) in [4.78, 5) is 11.2. The molecule has 2 rings (SSSR count). The van der Waals surface area contributed by atoms with Gasteiger partial charge in [0.25, 0.3) is 0 Å². The van der Waals surface area contributed by atoms with Gasteiger partial charge in [-0.2, -0.15) is 0 Å². The van der Waals surface area contributed by atoms with Crippen molar-refractivity contribution in [1.82, 2.24) is 0 Å². The zero-order chi connectivity index (χ0) is 12.1. The molecule has 0 unspecified atom stereocenters. The summed E-state index contributed by atoms with van der Waals surface area (Å²) in [5.74, 6) is 1.58. The third-order valence-electron chi connectivity index (χ3n) is 2.26. The van der Waals surface area contributed by atoms with Gasteiger partial charge < -0.3 is 9.47 Å². The summed E-state index contributed by atoms with van der Waals surface area (Å²) < 4.78 is 10.6. The molecule has 0 saturated heterocycles. The fourth-order valence-corrected chi connectivity index (χ4v) is 2.07. The Morgan fingerprint density at radius 1 is 1.24 bits per heavy atom. The van der Waals surface area contributed by atoms with Crippen molar-refractivity contribution in [3.8, 4) is 11.5 Å². The van der Waals surface area contributed by atoms with E-state index in [1.165, 1.54) is 11.3 Å². The summed E-state index contributed by atoms with van der Waals surface area (Å²) in [5, 5.41) is 1.92. The third-order valence-corrected chi connectivity index (χ3v) is 3.16. The molecule has 17 heavy (non-hydrogen) atoms. The van der Waals surface area contributed by atoms with Crippen LogP contribution in [0, 0.1) is 0 Å². The lowest BCUT2D eigenvalue weighted by Crippen LogP contribution is -1.93. The molecule has 0 spiro atoms. The number of thiophene rings is 1. The summed E-state index contributed by atoms with van der Waals surface area (Å²) in [6.07, 6.45) is 0.849. The number of carbonyl (C=O) groups excluding carboxylic acids is 1. The second-order valence-electron chi connectivity index (χ2n) is 3.44. The van der Waals surface area contributed by atoms with E-state index in [2.05, 4.69) is 0 Å².